The molecule has 4 rings (SSSR count). The molecule has 25 heavy (non-hydrogen) atoms. The third kappa shape index (κ3) is 2.28. The molecule has 8 atom stereocenters. The van der Waals surface area contributed by atoms with E-state index < -0.39 is 5.79 Å². The Bertz CT molecular complexity index is 508. The van der Waals surface area contributed by atoms with Crippen molar-refractivity contribution in [1.29, 1.82) is 0 Å². The molecule has 8 unspecified atom stereocenters. The quantitative estimate of drug-likeness (QED) is 0.745. The SMILES string of the molecule is CCOC1(OC)CCC2C3CCC4CCCCC4(C)C3CC(O)C21C. The summed E-state index contributed by atoms with van der Waals surface area (Å²) in [5.41, 5.74) is 0.185. The van der Waals surface area contributed by atoms with E-state index in [-0.39, 0.29) is 11.5 Å². The van der Waals surface area contributed by atoms with Gasteiger partial charge in [0.1, 0.15) is 0 Å². The summed E-state index contributed by atoms with van der Waals surface area (Å²) in [4.78, 5) is 0. The Balaban J connectivity index is 1.69. The Morgan fingerprint density at radius 1 is 1.00 bits per heavy atom. The summed E-state index contributed by atoms with van der Waals surface area (Å²) in [6.45, 7) is 7.52. The van der Waals surface area contributed by atoms with Gasteiger partial charge in [0.25, 0.3) is 0 Å². The van der Waals surface area contributed by atoms with E-state index in [1.165, 1.54) is 38.5 Å². The first kappa shape index (κ1) is 18.3. The van der Waals surface area contributed by atoms with Gasteiger partial charge in [-0.1, -0.05) is 26.7 Å². The highest BCUT2D eigenvalue weighted by Crippen LogP contribution is 2.68. The second-order valence-corrected chi connectivity index (χ2v) is 9.87. The number of methoxy groups -OCH3 is 1. The van der Waals surface area contributed by atoms with Gasteiger partial charge in [0.15, 0.2) is 5.79 Å². The lowest BCUT2D eigenvalue weighted by atomic mass is 9.44. The molecule has 4 aliphatic carbocycles. The largest absolute Gasteiger partial charge is 0.392 e. The molecule has 0 heterocycles. The minimum Gasteiger partial charge on any atom is -0.392 e. The zero-order chi connectivity index (χ0) is 17.9. The lowest BCUT2D eigenvalue weighted by Crippen LogP contribution is -2.63. The number of hydrogen-bond acceptors (Lipinski definition) is 3. The van der Waals surface area contributed by atoms with Gasteiger partial charge < -0.3 is 14.6 Å². The number of ether oxygens (including phenoxy) is 2. The van der Waals surface area contributed by atoms with Crippen molar-refractivity contribution in [3.8, 4) is 0 Å². The molecule has 0 saturated heterocycles. The maximum Gasteiger partial charge on any atom is 0.175 e. The first-order chi connectivity index (χ1) is 11.9. The molecular weight excluding hydrogens is 312 g/mol. The Kier molecular flexibility index (Phi) is 4.53. The van der Waals surface area contributed by atoms with Crippen LogP contribution in [0.5, 0.6) is 0 Å². The van der Waals surface area contributed by atoms with Crippen LogP contribution in [0.15, 0.2) is 0 Å². The second kappa shape index (κ2) is 6.21. The normalized spacial score (nSPS) is 55.3. The van der Waals surface area contributed by atoms with Crippen LogP contribution in [0.25, 0.3) is 0 Å². The molecule has 1 N–H and O–H groups in total. The number of fused-ring (bicyclic) bond motifs is 5. The van der Waals surface area contributed by atoms with E-state index in [2.05, 4.69) is 13.8 Å². The third-order valence-corrected chi connectivity index (χ3v) is 9.43. The van der Waals surface area contributed by atoms with E-state index in [1.807, 2.05) is 6.92 Å². The van der Waals surface area contributed by atoms with Crippen molar-refractivity contribution in [3.63, 3.8) is 0 Å². The van der Waals surface area contributed by atoms with Gasteiger partial charge in [-0.15, -0.1) is 0 Å². The van der Waals surface area contributed by atoms with Gasteiger partial charge in [0.05, 0.1) is 11.5 Å². The predicted octanol–water partition coefficient (Wildman–Crippen LogP) is 4.77. The fourth-order valence-electron chi connectivity index (χ4n) is 8.09. The molecule has 4 aliphatic rings. The summed E-state index contributed by atoms with van der Waals surface area (Å²) in [6.07, 6.45) is 11.0. The Hall–Kier alpha value is -0.120. The Labute approximate surface area is 153 Å². The van der Waals surface area contributed by atoms with Crippen molar-refractivity contribution in [3.05, 3.63) is 0 Å². The van der Waals surface area contributed by atoms with Gasteiger partial charge in [-0.05, 0) is 74.5 Å². The number of aliphatic hydroxyl groups excluding tert-OH is 1. The van der Waals surface area contributed by atoms with E-state index in [0.717, 1.165) is 31.1 Å². The van der Waals surface area contributed by atoms with Crippen LogP contribution in [-0.4, -0.2) is 30.7 Å². The number of rotatable bonds is 3. The highest BCUT2D eigenvalue weighted by atomic mass is 16.7. The van der Waals surface area contributed by atoms with E-state index in [4.69, 9.17) is 9.47 Å². The van der Waals surface area contributed by atoms with Crippen molar-refractivity contribution in [1.82, 2.24) is 0 Å². The van der Waals surface area contributed by atoms with Crippen molar-refractivity contribution in [2.45, 2.75) is 90.4 Å². The minimum absolute atomic E-state index is 0.267. The van der Waals surface area contributed by atoms with Crippen LogP contribution in [0.4, 0.5) is 0 Å². The first-order valence-electron chi connectivity index (χ1n) is 10.8. The van der Waals surface area contributed by atoms with Gasteiger partial charge in [-0.2, -0.15) is 0 Å². The highest BCUT2D eigenvalue weighted by molar-refractivity contribution is 5.15. The molecule has 144 valence electrons. The number of aliphatic hydroxyl groups is 1. The van der Waals surface area contributed by atoms with Crippen molar-refractivity contribution < 1.29 is 14.6 Å². The third-order valence-electron chi connectivity index (χ3n) is 9.43. The molecule has 0 aromatic heterocycles. The maximum atomic E-state index is 11.4. The molecule has 0 radical (unpaired) electrons. The van der Waals surface area contributed by atoms with Gasteiger partial charge in [0.2, 0.25) is 0 Å². The molecule has 4 saturated carbocycles. The average molecular weight is 351 g/mol. The summed E-state index contributed by atoms with van der Waals surface area (Å²) < 4.78 is 12.2. The minimum atomic E-state index is -0.596. The Morgan fingerprint density at radius 3 is 2.52 bits per heavy atom. The molecule has 0 spiro atoms. The van der Waals surface area contributed by atoms with Crippen LogP contribution in [0, 0.1) is 34.5 Å². The van der Waals surface area contributed by atoms with Crippen molar-refractivity contribution >= 4 is 0 Å². The topological polar surface area (TPSA) is 38.7 Å². The molecule has 0 bridgehead atoms. The van der Waals surface area contributed by atoms with Crippen LogP contribution in [-0.2, 0) is 9.47 Å². The van der Waals surface area contributed by atoms with Crippen molar-refractivity contribution in [2.75, 3.05) is 13.7 Å². The summed E-state index contributed by atoms with van der Waals surface area (Å²) in [5, 5.41) is 11.4. The van der Waals surface area contributed by atoms with Gasteiger partial charge >= 0.3 is 0 Å². The average Bonchev–Trinajstić information content (AvgIpc) is 2.90. The zero-order valence-electron chi connectivity index (χ0n) is 16.7. The van der Waals surface area contributed by atoms with Crippen LogP contribution < -0.4 is 0 Å². The summed E-state index contributed by atoms with van der Waals surface area (Å²) in [7, 11) is 1.78. The summed E-state index contributed by atoms with van der Waals surface area (Å²) in [5.74, 6) is 2.26. The van der Waals surface area contributed by atoms with E-state index >= 15 is 0 Å². The van der Waals surface area contributed by atoms with E-state index in [1.54, 1.807) is 7.11 Å². The maximum absolute atomic E-state index is 11.4. The molecule has 0 amide bonds. The molecule has 3 nitrogen and oxygen atoms in total. The number of hydrogen-bond donors (Lipinski definition) is 1. The van der Waals surface area contributed by atoms with Crippen LogP contribution in [0.3, 0.4) is 0 Å². The summed E-state index contributed by atoms with van der Waals surface area (Å²) >= 11 is 0. The smallest absolute Gasteiger partial charge is 0.175 e. The fourth-order valence-corrected chi connectivity index (χ4v) is 8.09. The standard InChI is InChI=1S/C22H38O3/c1-5-25-22(24-4)13-11-17-16-10-9-15-8-6-7-12-20(15,2)18(16)14-19(23)21(17,22)3/h15-19,23H,5-14H2,1-4H3. The molecule has 4 fully saturated rings. The highest BCUT2D eigenvalue weighted by Gasteiger charge is 2.69. The molecule has 0 aromatic rings. The Morgan fingerprint density at radius 2 is 1.80 bits per heavy atom. The fraction of sp³-hybridized carbons (Fsp3) is 1.00. The summed E-state index contributed by atoms with van der Waals surface area (Å²) in [6, 6.07) is 0. The van der Waals surface area contributed by atoms with E-state index in [0.29, 0.717) is 23.9 Å². The van der Waals surface area contributed by atoms with Gasteiger partial charge in [0, 0.05) is 20.1 Å². The van der Waals surface area contributed by atoms with Gasteiger partial charge in [-0.25, -0.2) is 0 Å². The molecular formula is C22H38O3. The lowest BCUT2D eigenvalue weighted by molar-refractivity contribution is -0.314. The zero-order valence-corrected chi connectivity index (χ0v) is 16.7. The first-order valence-corrected chi connectivity index (χ1v) is 10.8. The lowest BCUT2D eigenvalue weighted by Gasteiger charge is -2.62. The van der Waals surface area contributed by atoms with Crippen LogP contribution >= 0.6 is 0 Å². The van der Waals surface area contributed by atoms with Crippen LogP contribution in [0.1, 0.15) is 78.6 Å². The predicted molar refractivity (Wildman–Crippen MR) is 99.1 cm³/mol. The van der Waals surface area contributed by atoms with Gasteiger partial charge in [-0.3, -0.25) is 0 Å². The molecule has 3 heteroatoms. The molecule has 0 aromatic carbocycles. The monoisotopic (exact) mass is 350 g/mol. The second-order valence-electron chi connectivity index (χ2n) is 9.87. The van der Waals surface area contributed by atoms with Crippen LogP contribution in [0.2, 0.25) is 0 Å². The van der Waals surface area contributed by atoms with Crippen molar-refractivity contribution in [2.24, 2.45) is 34.5 Å². The van der Waals surface area contributed by atoms with E-state index in [9.17, 15) is 5.11 Å². The molecule has 0 aliphatic heterocycles.